The number of rotatable bonds is 6. The molecule has 0 aliphatic heterocycles. The number of ether oxygens (including phenoxy) is 1. The van der Waals surface area contributed by atoms with Crippen LogP contribution in [0.5, 0.6) is 0 Å². The van der Waals surface area contributed by atoms with E-state index in [-0.39, 0.29) is 12.0 Å². The largest absolute Gasteiger partial charge is 0.463 e. The fourth-order valence-electron chi connectivity index (χ4n) is 2.19. The molecular weight excluding hydrogens is 252 g/mol. The highest BCUT2D eigenvalue weighted by atomic mass is 16.5. The summed E-state index contributed by atoms with van der Waals surface area (Å²) in [5.74, 6) is -0.299. The number of hydrogen-bond donors (Lipinski definition) is 2. The third kappa shape index (κ3) is 3.48. The third-order valence-corrected chi connectivity index (χ3v) is 3.24. The van der Waals surface area contributed by atoms with Crippen LogP contribution in [0, 0.1) is 0 Å². The average Bonchev–Trinajstić information content (AvgIpc) is 2.87. The van der Waals surface area contributed by atoms with Crippen molar-refractivity contribution in [3.8, 4) is 0 Å². The molecule has 106 valence electrons. The van der Waals surface area contributed by atoms with Crippen LogP contribution < -0.4 is 5.32 Å². The molecule has 0 spiro atoms. The van der Waals surface area contributed by atoms with Gasteiger partial charge in [-0.15, -0.1) is 0 Å². The van der Waals surface area contributed by atoms with Crippen LogP contribution in [0.15, 0.2) is 42.6 Å². The van der Waals surface area contributed by atoms with Crippen LogP contribution in [0.4, 0.5) is 0 Å². The molecule has 0 fully saturated rings. The van der Waals surface area contributed by atoms with Crippen molar-refractivity contribution in [1.82, 2.24) is 10.3 Å². The Hall–Kier alpha value is -2.07. The number of hydrogen-bond acceptors (Lipinski definition) is 3. The standard InChI is InChI=1S/C16H20N2O2/c1-3-20-16(19)9-8-13(17-2)10-12-11-18-15-7-5-4-6-14(12)15/h4-9,11,13,17-18H,3,10H2,1-2H3. The number of para-hydroxylation sites is 1. The van der Waals surface area contributed by atoms with Gasteiger partial charge in [0.05, 0.1) is 6.61 Å². The van der Waals surface area contributed by atoms with Crippen LogP contribution in [0.25, 0.3) is 10.9 Å². The maximum atomic E-state index is 11.3. The number of esters is 1. The molecule has 0 radical (unpaired) electrons. The van der Waals surface area contributed by atoms with Gasteiger partial charge in [-0.3, -0.25) is 0 Å². The lowest BCUT2D eigenvalue weighted by molar-refractivity contribution is -0.137. The quantitative estimate of drug-likeness (QED) is 0.627. The van der Waals surface area contributed by atoms with Gasteiger partial charge in [0.15, 0.2) is 0 Å². The molecular formula is C16H20N2O2. The Morgan fingerprint density at radius 2 is 2.25 bits per heavy atom. The summed E-state index contributed by atoms with van der Waals surface area (Å²) in [7, 11) is 1.88. The van der Waals surface area contributed by atoms with Crippen molar-refractivity contribution in [3.63, 3.8) is 0 Å². The zero-order valence-electron chi connectivity index (χ0n) is 11.8. The van der Waals surface area contributed by atoms with Gasteiger partial charge in [0, 0.05) is 29.2 Å². The number of aromatic amines is 1. The smallest absolute Gasteiger partial charge is 0.330 e. The second-order valence-corrected chi connectivity index (χ2v) is 4.57. The minimum absolute atomic E-state index is 0.0959. The number of fused-ring (bicyclic) bond motifs is 1. The van der Waals surface area contributed by atoms with Crippen molar-refractivity contribution >= 4 is 16.9 Å². The van der Waals surface area contributed by atoms with E-state index in [1.807, 2.05) is 31.5 Å². The molecule has 1 aromatic heterocycles. The maximum Gasteiger partial charge on any atom is 0.330 e. The molecule has 4 nitrogen and oxygen atoms in total. The summed E-state index contributed by atoms with van der Waals surface area (Å²) >= 11 is 0. The highest BCUT2D eigenvalue weighted by molar-refractivity contribution is 5.83. The third-order valence-electron chi connectivity index (χ3n) is 3.24. The lowest BCUT2D eigenvalue weighted by atomic mass is 10.0. The Morgan fingerprint density at radius 3 is 3.00 bits per heavy atom. The van der Waals surface area contributed by atoms with E-state index in [9.17, 15) is 4.79 Å². The van der Waals surface area contributed by atoms with Crippen LogP contribution in [0.3, 0.4) is 0 Å². The van der Waals surface area contributed by atoms with Gasteiger partial charge in [-0.1, -0.05) is 24.3 Å². The molecule has 2 N–H and O–H groups in total. The van der Waals surface area contributed by atoms with Crippen LogP contribution in [-0.2, 0) is 16.0 Å². The van der Waals surface area contributed by atoms with E-state index in [0.717, 1.165) is 11.9 Å². The van der Waals surface area contributed by atoms with E-state index in [0.29, 0.717) is 6.61 Å². The summed E-state index contributed by atoms with van der Waals surface area (Å²) in [6.07, 6.45) is 6.17. The molecule has 2 aromatic rings. The monoisotopic (exact) mass is 272 g/mol. The second-order valence-electron chi connectivity index (χ2n) is 4.57. The molecule has 2 rings (SSSR count). The molecule has 1 heterocycles. The SMILES string of the molecule is CCOC(=O)C=CC(Cc1c[nH]c2ccccc12)NC. The molecule has 1 unspecified atom stereocenters. The number of benzene rings is 1. The molecule has 0 saturated carbocycles. The van der Waals surface area contributed by atoms with Gasteiger partial charge in [-0.25, -0.2) is 4.79 Å². The van der Waals surface area contributed by atoms with Crippen molar-refractivity contribution in [1.29, 1.82) is 0 Å². The average molecular weight is 272 g/mol. The summed E-state index contributed by atoms with van der Waals surface area (Å²) < 4.78 is 4.88. The van der Waals surface area contributed by atoms with Gasteiger partial charge >= 0.3 is 5.97 Å². The molecule has 0 bridgehead atoms. The lowest BCUT2D eigenvalue weighted by Crippen LogP contribution is -2.25. The van der Waals surface area contributed by atoms with Gasteiger partial charge in [0.1, 0.15) is 0 Å². The Labute approximate surface area is 118 Å². The van der Waals surface area contributed by atoms with Crippen LogP contribution in [0.1, 0.15) is 12.5 Å². The normalized spacial score (nSPS) is 12.9. The van der Waals surface area contributed by atoms with Gasteiger partial charge in [-0.2, -0.15) is 0 Å². The minimum atomic E-state index is -0.299. The Bertz CT molecular complexity index is 601. The van der Waals surface area contributed by atoms with Crippen molar-refractivity contribution in [2.75, 3.05) is 13.7 Å². The number of carbonyl (C=O) groups excluding carboxylic acids is 1. The first-order chi connectivity index (χ1) is 9.74. The number of aromatic nitrogens is 1. The van der Waals surface area contributed by atoms with Gasteiger partial charge in [0.25, 0.3) is 0 Å². The van der Waals surface area contributed by atoms with E-state index in [1.165, 1.54) is 17.0 Å². The molecule has 0 amide bonds. The molecule has 0 saturated heterocycles. The number of carbonyl (C=O) groups is 1. The fraction of sp³-hybridized carbons (Fsp3) is 0.312. The summed E-state index contributed by atoms with van der Waals surface area (Å²) in [4.78, 5) is 14.6. The molecule has 0 aliphatic rings. The molecule has 4 heteroatoms. The summed E-state index contributed by atoms with van der Waals surface area (Å²) in [6, 6.07) is 8.30. The van der Waals surface area contributed by atoms with E-state index in [4.69, 9.17) is 4.74 Å². The van der Waals surface area contributed by atoms with Crippen LogP contribution in [-0.4, -0.2) is 30.6 Å². The van der Waals surface area contributed by atoms with E-state index < -0.39 is 0 Å². The molecule has 0 aliphatic carbocycles. The first-order valence-electron chi connectivity index (χ1n) is 6.81. The van der Waals surface area contributed by atoms with E-state index in [1.54, 1.807) is 6.92 Å². The summed E-state index contributed by atoms with van der Waals surface area (Å²) in [5, 5.41) is 4.41. The first kappa shape index (κ1) is 14.3. The number of likely N-dealkylation sites (N-methyl/N-ethyl adjacent to an activating group) is 1. The molecule has 1 aromatic carbocycles. The van der Waals surface area contributed by atoms with Crippen molar-refractivity contribution < 1.29 is 9.53 Å². The highest BCUT2D eigenvalue weighted by Crippen LogP contribution is 2.19. The zero-order valence-corrected chi connectivity index (χ0v) is 11.8. The Balaban J connectivity index is 2.08. The van der Waals surface area contributed by atoms with Crippen LogP contribution >= 0.6 is 0 Å². The van der Waals surface area contributed by atoms with Gasteiger partial charge in [0.2, 0.25) is 0 Å². The van der Waals surface area contributed by atoms with E-state index >= 15 is 0 Å². The first-order valence-corrected chi connectivity index (χ1v) is 6.81. The second kappa shape index (κ2) is 6.91. The maximum absolute atomic E-state index is 11.3. The lowest BCUT2D eigenvalue weighted by Gasteiger charge is -2.10. The number of nitrogens with one attached hydrogen (secondary N) is 2. The fourth-order valence-corrected chi connectivity index (χ4v) is 2.19. The highest BCUT2D eigenvalue weighted by Gasteiger charge is 2.08. The summed E-state index contributed by atoms with van der Waals surface area (Å²) in [6.45, 7) is 2.20. The van der Waals surface area contributed by atoms with Gasteiger partial charge in [-0.05, 0) is 32.0 Å². The topological polar surface area (TPSA) is 54.1 Å². The minimum Gasteiger partial charge on any atom is -0.463 e. The predicted molar refractivity (Wildman–Crippen MR) is 80.6 cm³/mol. The predicted octanol–water partition coefficient (Wildman–Crippen LogP) is 2.42. The molecule has 1 atom stereocenters. The summed E-state index contributed by atoms with van der Waals surface area (Å²) in [5.41, 5.74) is 2.36. The van der Waals surface area contributed by atoms with Crippen molar-refractivity contribution in [3.05, 3.63) is 48.2 Å². The van der Waals surface area contributed by atoms with Gasteiger partial charge < -0.3 is 15.0 Å². The van der Waals surface area contributed by atoms with Crippen molar-refractivity contribution in [2.24, 2.45) is 0 Å². The van der Waals surface area contributed by atoms with Crippen LogP contribution in [0.2, 0.25) is 0 Å². The molecule has 20 heavy (non-hydrogen) atoms. The van der Waals surface area contributed by atoms with E-state index in [2.05, 4.69) is 22.4 Å². The zero-order chi connectivity index (χ0) is 14.4. The Kier molecular flexibility index (Phi) is 4.96. The van der Waals surface area contributed by atoms with Crippen molar-refractivity contribution in [2.45, 2.75) is 19.4 Å². The number of H-pyrrole nitrogens is 1. The Morgan fingerprint density at radius 1 is 1.45 bits per heavy atom.